The molecule has 2 heterocycles. The molecule has 2 N–H and O–H groups in total. The standard InChI is InChI=1S/C21H33N3O2/c25-21(7-6-18-8-10-22-11-9-18)23-20(16-19-4-2-1-3-5-19)17-24-12-14-26-15-13-24/h1-5,18,20,22H,6-17H2,(H,23,25). The Labute approximate surface area is 157 Å². The first-order valence-corrected chi connectivity index (χ1v) is 10.1. The lowest BCUT2D eigenvalue weighted by molar-refractivity contribution is -0.122. The maximum Gasteiger partial charge on any atom is 0.220 e. The number of nitrogens with one attached hydrogen (secondary N) is 2. The summed E-state index contributed by atoms with van der Waals surface area (Å²) in [6, 6.07) is 10.6. The normalized spacial score (nSPS) is 20.6. The molecule has 0 saturated carbocycles. The third-order valence-corrected chi connectivity index (χ3v) is 5.51. The van der Waals surface area contributed by atoms with Gasteiger partial charge in [-0.1, -0.05) is 30.3 Å². The smallest absolute Gasteiger partial charge is 0.220 e. The Morgan fingerprint density at radius 3 is 2.65 bits per heavy atom. The Hall–Kier alpha value is -1.43. The predicted octanol–water partition coefficient (Wildman–Crippen LogP) is 1.83. The van der Waals surface area contributed by atoms with Crippen LogP contribution in [0.2, 0.25) is 0 Å². The number of amides is 1. The number of hydrogen-bond donors (Lipinski definition) is 2. The fraction of sp³-hybridized carbons (Fsp3) is 0.667. The van der Waals surface area contributed by atoms with Crippen LogP contribution >= 0.6 is 0 Å². The minimum atomic E-state index is 0.163. The van der Waals surface area contributed by atoms with E-state index in [4.69, 9.17) is 4.74 Å². The van der Waals surface area contributed by atoms with Crippen molar-refractivity contribution in [3.05, 3.63) is 35.9 Å². The number of nitrogens with zero attached hydrogens (tertiary/aromatic N) is 1. The summed E-state index contributed by atoms with van der Waals surface area (Å²) in [6.45, 7) is 6.59. The summed E-state index contributed by atoms with van der Waals surface area (Å²) in [5.41, 5.74) is 1.28. The molecule has 1 aromatic rings. The number of morpholine rings is 1. The van der Waals surface area contributed by atoms with Crippen LogP contribution in [0.3, 0.4) is 0 Å². The molecule has 26 heavy (non-hydrogen) atoms. The Kier molecular flexibility index (Phi) is 7.92. The first-order valence-electron chi connectivity index (χ1n) is 10.1. The van der Waals surface area contributed by atoms with E-state index in [-0.39, 0.29) is 11.9 Å². The molecular weight excluding hydrogens is 326 g/mol. The van der Waals surface area contributed by atoms with Crippen LogP contribution < -0.4 is 10.6 Å². The number of benzene rings is 1. The number of rotatable bonds is 8. The van der Waals surface area contributed by atoms with Gasteiger partial charge in [0.05, 0.1) is 13.2 Å². The van der Waals surface area contributed by atoms with Gasteiger partial charge in [0.2, 0.25) is 5.91 Å². The third kappa shape index (κ3) is 6.71. The molecule has 2 aliphatic rings. The monoisotopic (exact) mass is 359 g/mol. The van der Waals surface area contributed by atoms with Crippen LogP contribution in [0.5, 0.6) is 0 Å². The maximum absolute atomic E-state index is 12.6. The quantitative estimate of drug-likeness (QED) is 0.744. The van der Waals surface area contributed by atoms with Crippen molar-refractivity contribution >= 4 is 5.91 Å². The zero-order valence-corrected chi connectivity index (χ0v) is 15.8. The molecule has 0 aromatic heterocycles. The topological polar surface area (TPSA) is 53.6 Å². The third-order valence-electron chi connectivity index (χ3n) is 5.51. The summed E-state index contributed by atoms with van der Waals surface area (Å²) in [7, 11) is 0. The summed E-state index contributed by atoms with van der Waals surface area (Å²) >= 11 is 0. The average Bonchev–Trinajstić information content (AvgIpc) is 2.69. The molecule has 2 fully saturated rings. The van der Waals surface area contributed by atoms with Gasteiger partial charge in [0.15, 0.2) is 0 Å². The fourth-order valence-electron chi connectivity index (χ4n) is 3.96. The van der Waals surface area contributed by atoms with E-state index in [0.717, 1.165) is 58.8 Å². The molecule has 3 rings (SSSR count). The van der Waals surface area contributed by atoms with Gasteiger partial charge < -0.3 is 15.4 Å². The van der Waals surface area contributed by atoms with Gasteiger partial charge >= 0.3 is 0 Å². The minimum absolute atomic E-state index is 0.163. The largest absolute Gasteiger partial charge is 0.379 e. The second-order valence-corrected chi connectivity index (χ2v) is 7.60. The van der Waals surface area contributed by atoms with Gasteiger partial charge in [-0.2, -0.15) is 0 Å². The summed E-state index contributed by atoms with van der Waals surface area (Å²) in [5, 5.41) is 6.71. The van der Waals surface area contributed by atoms with E-state index in [1.165, 1.54) is 18.4 Å². The zero-order valence-electron chi connectivity index (χ0n) is 15.8. The Bertz CT molecular complexity index is 525. The van der Waals surface area contributed by atoms with Gasteiger partial charge in [0, 0.05) is 32.1 Å². The van der Waals surface area contributed by atoms with Gasteiger partial charge in [-0.05, 0) is 50.3 Å². The number of carbonyl (C=O) groups excluding carboxylic acids is 1. The van der Waals surface area contributed by atoms with Gasteiger partial charge in [-0.15, -0.1) is 0 Å². The molecule has 1 unspecified atom stereocenters. The molecule has 0 radical (unpaired) electrons. The molecule has 2 saturated heterocycles. The molecule has 2 aliphatic heterocycles. The summed E-state index contributed by atoms with van der Waals surface area (Å²) in [6.07, 6.45) is 4.96. The molecule has 0 aliphatic carbocycles. The predicted molar refractivity (Wildman–Crippen MR) is 104 cm³/mol. The van der Waals surface area contributed by atoms with Crippen LogP contribution in [-0.4, -0.2) is 62.8 Å². The highest BCUT2D eigenvalue weighted by Gasteiger charge is 2.20. The molecule has 0 spiro atoms. The van der Waals surface area contributed by atoms with Crippen LogP contribution in [0.4, 0.5) is 0 Å². The van der Waals surface area contributed by atoms with E-state index >= 15 is 0 Å². The molecule has 1 atom stereocenters. The zero-order chi connectivity index (χ0) is 18.0. The minimum Gasteiger partial charge on any atom is -0.379 e. The van der Waals surface area contributed by atoms with E-state index in [1.807, 2.05) is 6.07 Å². The lowest BCUT2D eigenvalue weighted by Gasteiger charge is -2.31. The molecule has 0 bridgehead atoms. The fourth-order valence-corrected chi connectivity index (χ4v) is 3.96. The molecule has 144 valence electrons. The van der Waals surface area contributed by atoms with Crippen molar-refractivity contribution in [3.8, 4) is 0 Å². The number of carbonyl (C=O) groups is 1. The second-order valence-electron chi connectivity index (χ2n) is 7.60. The molecule has 1 amide bonds. The summed E-state index contributed by atoms with van der Waals surface area (Å²) < 4.78 is 5.45. The van der Waals surface area contributed by atoms with E-state index in [1.54, 1.807) is 0 Å². The van der Waals surface area contributed by atoms with E-state index in [9.17, 15) is 4.79 Å². The Morgan fingerprint density at radius 1 is 1.19 bits per heavy atom. The average molecular weight is 360 g/mol. The van der Waals surface area contributed by atoms with E-state index in [0.29, 0.717) is 12.3 Å². The van der Waals surface area contributed by atoms with Gasteiger partial charge in [-0.3, -0.25) is 9.69 Å². The molecule has 5 nitrogen and oxygen atoms in total. The van der Waals surface area contributed by atoms with Crippen molar-refractivity contribution in [3.63, 3.8) is 0 Å². The van der Waals surface area contributed by atoms with Crippen molar-refractivity contribution in [1.82, 2.24) is 15.5 Å². The lowest BCUT2D eigenvalue weighted by atomic mass is 9.93. The van der Waals surface area contributed by atoms with Crippen LogP contribution in [0.15, 0.2) is 30.3 Å². The van der Waals surface area contributed by atoms with Gasteiger partial charge in [0.1, 0.15) is 0 Å². The van der Waals surface area contributed by atoms with Crippen LogP contribution in [0, 0.1) is 5.92 Å². The number of piperidine rings is 1. The first kappa shape index (κ1) is 19.3. The van der Waals surface area contributed by atoms with Crippen LogP contribution in [0.25, 0.3) is 0 Å². The number of ether oxygens (including phenoxy) is 1. The van der Waals surface area contributed by atoms with E-state index in [2.05, 4.69) is 39.8 Å². The highest BCUT2D eigenvalue weighted by atomic mass is 16.5. The van der Waals surface area contributed by atoms with Crippen molar-refractivity contribution in [1.29, 1.82) is 0 Å². The first-order chi connectivity index (χ1) is 12.8. The number of hydrogen-bond acceptors (Lipinski definition) is 4. The van der Waals surface area contributed by atoms with Crippen molar-refractivity contribution in [2.24, 2.45) is 5.92 Å². The maximum atomic E-state index is 12.6. The molecule has 1 aromatic carbocycles. The summed E-state index contributed by atoms with van der Waals surface area (Å²) in [4.78, 5) is 15.0. The Morgan fingerprint density at radius 2 is 1.92 bits per heavy atom. The van der Waals surface area contributed by atoms with Crippen molar-refractivity contribution in [2.75, 3.05) is 45.9 Å². The van der Waals surface area contributed by atoms with Gasteiger partial charge in [-0.25, -0.2) is 0 Å². The van der Waals surface area contributed by atoms with Crippen LogP contribution in [0.1, 0.15) is 31.2 Å². The lowest BCUT2D eigenvalue weighted by Crippen LogP contribution is -2.48. The highest BCUT2D eigenvalue weighted by Crippen LogP contribution is 2.17. The van der Waals surface area contributed by atoms with Crippen molar-refractivity contribution < 1.29 is 9.53 Å². The molecule has 5 heteroatoms. The molecular formula is C21H33N3O2. The SMILES string of the molecule is O=C(CCC1CCNCC1)NC(Cc1ccccc1)CN1CCOCC1. The van der Waals surface area contributed by atoms with Crippen LogP contribution in [-0.2, 0) is 16.0 Å². The second kappa shape index (κ2) is 10.7. The van der Waals surface area contributed by atoms with Gasteiger partial charge in [0.25, 0.3) is 0 Å². The van der Waals surface area contributed by atoms with E-state index < -0.39 is 0 Å². The van der Waals surface area contributed by atoms with Crippen molar-refractivity contribution in [2.45, 2.75) is 38.1 Å². The highest BCUT2D eigenvalue weighted by molar-refractivity contribution is 5.76. The Balaban J connectivity index is 1.50. The summed E-state index contributed by atoms with van der Waals surface area (Å²) in [5.74, 6) is 0.909.